The summed E-state index contributed by atoms with van der Waals surface area (Å²) in [4.78, 5) is 21.9. The summed E-state index contributed by atoms with van der Waals surface area (Å²) in [6.45, 7) is 0. The fourth-order valence-electron chi connectivity index (χ4n) is 3.48. The molecule has 1 aliphatic heterocycles. The van der Waals surface area contributed by atoms with Crippen molar-refractivity contribution in [3.63, 3.8) is 0 Å². The molecule has 1 amide bonds. The zero-order chi connectivity index (χ0) is 21.9. The first kappa shape index (κ1) is 19.3. The number of aliphatic imine (C=N–C) groups is 1. The lowest BCUT2D eigenvalue weighted by atomic mass is 10.0. The van der Waals surface area contributed by atoms with Gasteiger partial charge in [0.25, 0.3) is 11.9 Å². The number of amides is 1. The van der Waals surface area contributed by atoms with Crippen LogP contribution in [0.3, 0.4) is 0 Å². The largest absolute Gasteiger partial charge is 0.424 e. The molecule has 0 bridgehead atoms. The van der Waals surface area contributed by atoms with Crippen LogP contribution in [0.15, 0.2) is 94.5 Å². The third-order valence-corrected chi connectivity index (χ3v) is 5.06. The summed E-state index contributed by atoms with van der Waals surface area (Å²) in [5.41, 5.74) is 4.45. The molecule has 154 valence electrons. The molecule has 7 heteroatoms. The van der Waals surface area contributed by atoms with E-state index in [0.29, 0.717) is 22.7 Å². The number of rotatable bonds is 4. The predicted octanol–water partition coefficient (Wildman–Crippen LogP) is 4.44. The van der Waals surface area contributed by atoms with E-state index in [1.165, 1.54) is 0 Å². The lowest BCUT2D eigenvalue weighted by Crippen LogP contribution is -2.32. The highest BCUT2D eigenvalue weighted by Gasteiger charge is 2.26. The van der Waals surface area contributed by atoms with Crippen LogP contribution in [0.25, 0.3) is 11.3 Å². The monoisotopic (exact) mass is 419 g/mol. The molecule has 1 aliphatic rings. The molecule has 0 saturated carbocycles. The van der Waals surface area contributed by atoms with Crippen molar-refractivity contribution in [3.8, 4) is 17.4 Å². The molecule has 2 heterocycles. The second kappa shape index (κ2) is 8.20. The molecule has 7 nitrogen and oxygen atoms in total. The summed E-state index contributed by atoms with van der Waals surface area (Å²) in [5.74, 6) is 0.197. The Morgan fingerprint density at radius 3 is 2.47 bits per heavy atom. The minimum Gasteiger partial charge on any atom is -0.424 e. The van der Waals surface area contributed by atoms with Crippen LogP contribution >= 0.6 is 0 Å². The van der Waals surface area contributed by atoms with Gasteiger partial charge in [0.2, 0.25) is 6.17 Å². The Morgan fingerprint density at radius 1 is 0.938 bits per heavy atom. The van der Waals surface area contributed by atoms with Crippen molar-refractivity contribution in [1.82, 2.24) is 4.98 Å². The molecule has 0 saturated heterocycles. The van der Waals surface area contributed by atoms with Gasteiger partial charge < -0.3 is 15.1 Å². The van der Waals surface area contributed by atoms with Crippen LogP contribution in [-0.2, 0) is 4.79 Å². The number of anilines is 2. The van der Waals surface area contributed by atoms with E-state index in [0.717, 1.165) is 16.7 Å². The lowest BCUT2D eigenvalue weighted by molar-refractivity contribution is -0.116. The highest BCUT2D eigenvalue weighted by molar-refractivity contribution is 6.19. The number of nitrogens with zero attached hydrogens (tertiary/aromatic N) is 3. The van der Waals surface area contributed by atoms with Gasteiger partial charge in [0.05, 0.1) is 29.2 Å². The van der Waals surface area contributed by atoms with Gasteiger partial charge >= 0.3 is 0 Å². The minimum absolute atomic E-state index is 0.173. The molecule has 32 heavy (non-hydrogen) atoms. The number of hydrogen-bond donors (Lipinski definition) is 2. The van der Waals surface area contributed by atoms with Gasteiger partial charge in [0, 0.05) is 16.7 Å². The molecule has 1 aromatic heterocycles. The van der Waals surface area contributed by atoms with E-state index in [4.69, 9.17) is 14.7 Å². The topological polar surface area (TPSA) is 103 Å². The average molecular weight is 419 g/mol. The summed E-state index contributed by atoms with van der Waals surface area (Å²) in [7, 11) is 0. The van der Waals surface area contributed by atoms with Crippen molar-refractivity contribution in [2.45, 2.75) is 6.17 Å². The second-order valence-electron chi connectivity index (χ2n) is 7.14. The normalized spacial score (nSPS) is 15.0. The van der Waals surface area contributed by atoms with E-state index in [-0.39, 0.29) is 11.9 Å². The van der Waals surface area contributed by atoms with Gasteiger partial charge in [-0.1, -0.05) is 48.5 Å². The number of hydrogen-bond acceptors (Lipinski definition) is 6. The van der Waals surface area contributed by atoms with E-state index in [1.54, 1.807) is 30.5 Å². The van der Waals surface area contributed by atoms with Crippen molar-refractivity contribution < 1.29 is 9.21 Å². The van der Waals surface area contributed by atoms with Crippen molar-refractivity contribution in [2.75, 3.05) is 10.6 Å². The average Bonchev–Trinajstić information content (AvgIpc) is 3.26. The smallest absolute Gasteiger partial charge is 0.297 e. The lowest BCUT2D eigenvalue weighted by Gasteiger charge is -2.11. The van der Waals surface area contributed by atoms with Gasteiger partial charge in [0.15, 0.2) is 5.76 Å². The number of benzodiazepines with no additional fused rings is 1. The first-order valence-electron chi connectivity index (χ1n) is 9.98. The molecule has 1 atom stereocenters. The van der Waals surface area contributed by atoms with Gasteiger partial charge in [0.1, 0.15) is 0 Å². The molecular weight excluding hydrogens is 402 g/mol. The number of carbonyl (C=O) groups is 1. The number of aromatic nitrogens is 1. The van der Waals surface area contributed by atoms with Crippen LogP contribution in [0.5, 0.6) is 0 Å². The van der Waals surface area contributed by atoms with Crippen LogP contribution in [0.4, 0.5) is 11.7 Å². The maximum Gasteiger partial charge on any atom is 0.297 e. The van der Waals surface area contributed by atoms with Crippen molar-refractivity contribution in [1.29, 1.82) is 5.26 Å². The van der Waals surface area contributed by atoms with Crippen LogP contribution < -0.4 is 10.6 Å². The number of benzene rings is 3. The van der Waals surface area contributed by atoms with Gasteiger partial charge in [-0.25, -0.2) is 9.98 Å². The molecule has 0 radical (unpaired) electrons. The predicted molar refractivity (Wildman–Crippen MR) is 121 cm³/mol. The van der Waals surface area contributed by atoms with E-state index in [1.807, 2.05) is 54.6 Å². The number of oxazole rings is 1. The number of para-hydroxylation sites is 1. The Morgan fingerprint density at radius 2 is 1.69 bits per heavy atom. The maximum absolute atomic E-state index is 12.9. The second-order valence-corrected chi connectivity index (χ2v) is 7.14. The molecule has 0 spiro atoms. The Hall–Kier alpha value is -4.70. The van der Waals surface area contributed by atoms with Crippen LogP contribution in [0, 0.1) is 11.3 Å². The minimum atomic E-state index is -0.940. The highest BCUT2D eigenvalue weighted by atomic mass is 16.4. The summed E-state index contributed by atoms with van der Waals surface area (Å²) < 4.78 is 5.80. The van der Waals surface area contributed by atoms with Crippen molar-refractivity contribution in [2.24, 2.45) is 4.99 Å². The van der Waals surface area contributed by atoms with Crippen LogP contribution in [-0.4, -0.2) is 22.8 Å². The number of nitriles is 1. The van der Waals surface area contributed by atoms with Gasteiger partial charge in [-0.3, -0.25) is 4.79 Å². The SMILES string of the molecule is N#Cc1ccc(-c2cnc(NC3N=C(c4ccccc4)c4ccccc4NC3=O)o2)cc1. The third kappa shape index (κ3) is 3.73. The standard InChI is InChI=1S/C25H17N5O2/c26-14-16-10-12-17(13-11-16)21-15-27-25(32-21)30-23-24(31)28-20-9-5-4-8-19(20)22(29-23)18-6-2-1-3-7-18/h1-13,15,23H,(H,27,30)(H,28,31). The quantitative estimate of drug-likeness (QED) is 0.509. The molecular formula is C25H17N5O2. The molecule has 3 aromatic carbocycles. The van der Waals surface area contributed by atoms with Gasteiger partial charge in [-0.2, -0.15) is 5.26 Å². The number of fused-ring (bicyclic) bond motifs is 1. The van der Waals surface area contributed by atoms with E-state index in [2.05, 4.69) is 21.7 Å². The first-order chi connectivity index (χ1) is 15.7. The van der Waals surface area contributed by atoms with E-state index < -0.39 is 6.17 Å². The maximum atomic E-state index is 12.9. The fraction of sp³-hybridized carbons (Fsp3) is 0.0400. The molecule has 1 unspecified atom stereocenters. The Labute approximate surface area is 184 Å². The molecule has 4 aromatic rings. The third-order valence-electron chi connectivity index (χ3n) is 5.06. The number of carbonyl (C=O) groups excluding carboxylic acids is 1. The molecule has 0 aliphatic carbocycles. The van der Waals surface area contributed by atoms with Crippen LogP contribution in [0.1, 0.15) is 16.7 Å². The van der Waals surface area contributed by atoms with Crippen molar-refractivity contribution >= 4 is 23.3 Å². The Kier molecular flexibility index (Phi) is 4.94. The van der Waals surface area contributed by atoms with Crippen LogP contribution in [0.2, 0.25) is 0 Å². The fourth-order valence-corrected chi connectivity index (χ4v) is 3.48. The number of nitrogens with one attached hydrogen (secondary N) is 2. The Bertz CT molecular complexity index is 1350. The zero-order valence-corrected chi connectivity index (χ0v) is 16.8. The Balaban J connectivity index is 1.48. The summed E-state index contributed by atoms with van der Waals surface area (Å²) in [5, 5.41) is 14.9. The molecule has 0 fully saturated rings. The first-order valence-corrected chi connectivity index (χ1v) is 9.98. The molecule has 2 N–H and O–H groups in total. The zero-order valence-electron chi connectivity index (χ0n) is 16.8. The van der Waals surface area contributed by atoms with Gasteiger partial charge in [-0.05, 0) is 30.3 Å². The van der Waals surface area contributed by atoms with E-state index >= 15 is 0 Å². The van der Waals surface area contributed by atoms with Crippen molar-refractivity contribution in [3.05, 3.63) is 102 Å². The van der Waals surface area contributed by atoms with E-state index in [9.17, 15) is 4.79 Å². The van der Waals surface area contributed by atoms with Gasteiger partial charge in [-0.15, -0.1) is 0 Å². The highest BCUT2D eigenvalue weighted by Crippen LogP contribution is 2.26. The summed E-state index contributed by atoms with van der Waals surface area (Å²) in [6, 6.07) is 26.5. The summed E-state index contributed by atoms with van der Waals surface area (Å²) in [6.07, 6.45) is 0.625. The molecule has 5 rings (SSSR count). The summed E-state index contributed by atoms with van der Waals surface area (Å²) >= 11 is 0.